The number of carbonyl (C=O) groups excluding carboxylic acids is 1. The number of amides is 1. The van der Waals surface area contributed by atoms with Crippen molar-refractivity contribution >= 4 is 28.8 Å². The predicted octanol–water partition coefficient (Wildman–Crippen LogP) is 4.19. The lowest BCUT2D eigenvalue weighted by molar-refractivity contribution is 0.0936. The molecule has 0 radical (unpaired) electrons. The molecule has 162 valence electrons. The molecular weight excluding hydrogens is 400 g/mol. The number of anilines is 1. The van der Waals surface area contributed by atoms with E-state index in [0.29, 0.717) is 29.0 Å². The number of benzene rings is 2. The lowest BCUT2D eigenvalue weighted by atomic mass is 10.0. The maximum Gasteiger partial charge on any atom is 0.251 e. The maximum absolute atomic E-state index is 12.8. The van der Waals surface area contributed by atoms with Crippen molar-refractivity contribution in [2.24, 2.45) is 0 Å². The number of hydrogen-bond donors (Lipinski definition) is 2. The second-order valence-corrected chi connectivity index (χ2v) is 8.37. The number of fused-ring (bicyclic) bond motifs is 1. The third-order valence-corrected chi connectivity index (χ3v) is 5.50. The maximum atomic E-state index is 12.8. The van der Waals surface area contributed by atoms with E-state index in [1.54, 1.807) is 12.1 Å². The zero-order chi connectivity index (χ0) is 22.9. The van der Waals surface area contributed by atoms with Gasteiger partial charge in [0.25, 0.3) is 5.91 Å². The van der Waals surface area contributed by atoms with Crippen molar-refractivity contribution < 1.29 is 4.79 Å². The highest BCUT2D eigenvalue weighted by atomic mass is 16.1. The Hall–Kier alpha value is -4.00. The number of aromatic nitrogens is 4. The molecule has 0 saturated carbocycles. The van der Waals surface area contributed by atoms with Gasteiger partial charge in [-0.2, -0.15) is 5.10 Å². The summed E-state index contributed by atoms with van der Waals surface area (Å²) in [7, 11) is 0. The lowest BCUT2D eigenvalue weighted by Gasteiger charge is -2.26. The zero-order valence-electron chi connectivity index (χ0n) is 18.5. The van der Waals surface area contributed by atoms with Gasteiger partial charge in [-0.05, 0) is 32.4 Å². The summed E-state index contributed by atoms with van der Waals surface area (Å²) in [6, 6.07) is 15.4. The van der Waals surface area contributed by atoms with Crippen LogP contribution in [0.2, 0.25) is 0 Å². The molecule has 32 heavy (non-hydrogen) atoms. The summed E-state index contributed by atoms with van der Waals surface area (Å²) >= 11 is 0. The van der Waals surface area contributed by atoms with Crippen LogP contribution in [-0.2, 0) is 5.54 Å². The molecule has 0 bridgehead atoms. The molecule has 0 fully saturated rings. The Morgan fingerprint density at radius 1 is 1.16 bits per heavy atom. The van der Waals surface area contributed by atoms with E-state index in [1.807, 2.05) is 67.9 Å². The minimum absolute atomic E-state index is 0.169. The molecule has 0 atom stereocenters. The molecule has 7 nitrogen and oxygen atoms in total. The van der Waals surface area contributed by atoms with Gasteiger partial charge < -0.3 is 11.1 Å². The zero-order valence-corrected chi connectivity index (χ0v) is 18.5. The van der Waals surface area contributed by atoms with Crippen LogP contribution in [0.5, 0.6) is 0 Å². The minimum Gasteiger partial charge on any atom is -0.383 e. The first-order valence-corrected chi connectivity index (χ1v) is 10.4. The van der Waals surface area contributed by atoms with E-state index in [2.05, 4.69) is 21.9 Å². The van der Waals surface area contributed by atoms with Crippen LogP contribution in [0.3, 0.4) is 0 Å². The molecule has 2 aromatic carbocycles. The molecule has 4 rings (SSSR count). The van der Waals surface area contributed by atoms with Gasteiger partial charge in [0.2, 0.25) is 0 Å². The first-order valence-electron chi connectivity index (χ1n) is 10.4. The highest BCUT2D eigenvalue weighted by molar-refractivity contribution is 5.99. The Labute approximate surface area is 187 Å². The summed E-state index contributed by atoms with van der Waals surface area (Å²) in [4.78, 5) is 21.5. The molecule has 3 N–H and O–H groups in total. The topological polar surface area (TPSA) is 98.7 Å². The van der Waals surface area contributed by atoms with Crippen molar-refractivity contribution in [3.05, 3.63) is 78.1 Å². The SMILES string of the molecule is C=Cc1ccccc1C(=O)NCC(C)(C)n1nc(-c2ccc(C)cc2)c2c(N)ncnc21. The molecule has 0 spiro atoms. The van der Waals surface area contributed by atoms with Gasteiger partial charge in [-0.25, -0.2) is 14.6 Å². The van der Waals surface area contributed by atoms with Crippen LogP contribution >= 0.6 is 0 Å². The molecule has 0 saturated heterocycles. The number of nitrogen functional groups attached to an aromatic ring is 1. The average Bonchev–Trinajstić information content (AvgIpc) is 3.20. The molecule has 0 aliphatic heterocycles. The fourth-order valence-electron chi connectivity index (χ4n) is 3.66. The van der Waals surface area contributed by atoms with Crippen molar-refractivity contribution in [2.45, 2.75) is 26.3 Å². The van der Waals surface area contributed by atoms with E-state index in [0.717, 1.165) is 22.4 Å². The third-order valence-electron chi connectivity index (χ3n) is 5.50. The van der Waals surface area contributed by atoms with Crippen molar-refractivity contribution in [3.63, 3.8) is 0 Å². The van der Waals surface area contributed by atoms with E-state index in [-0.39, 0.29) is 5.91 Å². The average molecular weight is 427 g/mol. The molecule has 0 aliphatic rings. The largest absolute Gasteiger partial charge is 0.383 e. The van der Waals surface area contributed by atoms with Crippen molar-refractivity contribution in [2.75, 3.05) is 12.3 Å². The number of rotatable bonds is 6. The van der Waals surface area contributed by atoms with Gasteiger partial charge in [0, 0.05) is 17.7 Å². The van der Waals surface area contributed by atoms with E-state index in [9.17, 15) is 4.79 Å². The fourth-order valence-corrected chi connectivity index (χ4v) is 3.66. The first kappa shape index (κ1) is 21.2. The van der Waals surface area contributed by atoms with Gasteiger partial charge in [-0.1, -0.05) is 60.7 Å². The van der Waals surface area contributed by atoms with Crippen LogP contribution in [-0.4, -0.2) is 32.2 Å². The Morgan fingerprint density at radius 3 is 2.59 bits per heavy atom. The predicted molar refractivity (Wildman–Crippen MR) is 128 cm³/mol. The molecule has 2 aromatic heterocycles. The van der Waals surface area contributed by atoms with E-state index >= 15 is 0 Å². The van der Waals surface area contributed by atoms with Crippen LogP contribution in [0, 0.1) is 6.92 Å². The third kappa shape index (κ3) is 3.85. The molecule has 0 aliphatic carbocycles. The van der Waals surface area contributed by atoms with Crippen molar-refractivity contribution in [1.29, 1.82) is 0 Å². The molecule has 0 unspecified atom stereocenters. The number of nitrogens with two attached hydrogens (primary N) is 1. The number of carbonyl (C=O) groups is 1. The summed E-state index contributed by atoms with van der Waals surface area (Å²) in [6.07, 6.45) is 3.11. The number of nitrogens with one attached hydrogen (secondary N) is 1. The highest BCUT2D eigenvalue weighted by Gasteiger charge is 2.28. The Kier molecular flexibility index (Phi) is 5.48. The van der Waals surface area contributed by atoms with Crippen LogP contribution in [0.4, 0.5) is 5.82 Å². The van der Waals surface area contributed by atoms with Crippen LogP contribution in [0.1, 0.15) is 35.3 Å². The normalized spacial score (nSPS) is 11.5. The van der Waals surface area contributed by atoms with Crippen LogP contribution in [0.25, 0.3) is 28.4 Å². The number of hydrogen-bond acceptors (Lipinski definition) is 5. The van der Waals surface area contributed by atoms with Crippen LogP contribution in [0.15, 0.2) is 61.4 Å². The summed E-state index contributed by atoms with van der Waals surface area (Å²) in [5.74, 6) is 0.203. The monoisotopic (exact) mass is 426 g/mol. The van der Waals surface area contributed by atoms with Gasteiger partial charge in [0.1, 0.15) is 17.8 Å². The van der Waals surface area contributed by atoms with Crippen molar-refractivity contribution in [3.8, 4) is 11.3 Å². The molecule has 4 aromatic rings. The standard InChI is InChI=1S/C25H26N6O/c1-5-17-8-6-7-9-19(17)24(32)27-14-25(3,4)31-23-20(22(26)28-15-29-23)21(30-31)18-12-10-16(2)11-13-18/h5-13,15H,1,14H2,2-4H3,(H,27,32)(H2,26,28,29). The Bertz CT molecular complexity index is 1300. The molecule has 7 heteroatoms. The second kappa shape index (κ2) is 8.26. The van der Waals surface area contributed by atoms with E-state index in [1.165, 1.54) is 6.33 Å². The number of nitrogens with zero attached hydrogens (tertiary/aromatic N) is 4. The second-order valence-electron chi connectivity index (χ2n) is 8.37. The van der Waals surface area contributed by atoms with Gasteiger partial charge in [0.15, 0.2) is 5.65 Å². The molecular formula is C25H26N6O. The summed E-state index contributed by atoms with van der Waals surface area (Å²) in [5, 5.41) is 8.60. The summed E-state index contributed by atoms with van der Waals surface area (Å²) in [5.41, 5.74) is 10.4. The van der Waals surface area contributed by atoms with E-state index < -0.39 is 5.54 Å². The minimum atomic E-state index is -0.583. The van der Waals surface area contributed by atoms with Crippen molar-refractivity contribution in [1.82, 2.24) is 25.1 Å². The highest BCUT2D eigenvalue weighted by Crippen LogP contribution is 2.33. The Morgan fingerprint density at radius 2 is 1.88 bits per heavy atom. The Balaban J connectivity index is 1.70. The summed E-state index contributed by atoms with van der Waals surface area (Å²) in [6.45, 7) is 10.2. The lowest BCUT2D eigenvalue weighted by Crippen LogP contribution is -2.41. The fraction of sp³-hybridized carbons (Fsp3) is 0.200. The van der Waals surface area contributed by atoms with Gasteiger partial charge in [-0.3, -0.25) is 4.79 Å². The van der Waals surface area contributed by atoms with Gasteiger partial charge in [0.05, 0.1) is 10.9 Å². The molecule has 1 amide bonds. The van der Waals surface area contributed by atoms with Gasteiger partial charge in [-0.15, -0.1) is 0 Å². The summed E-state index contributed by atoms with van der Waals surface area (Å²) < 4.78 is 1.81. The van der Waals surface area contributed by atoms with Crippen LogP contribution < -0.4 is 11.1 Å². The quantitative estimate of drug-likeness (QED) is 0.482. The van der Waals surface area contributed by atoms with E-state index in [4.69, 9.17) is 10.8 Å². The molecule has 2 heterocycles. The van der Waals surface area contributed by atoms with Gasteiger partial charge >= 0.3 is 0 Å². The smallest absolute Gasteiger partial charge is 0.251 e. The number of aryl methyl sites for hydroxylation is 1. The first-order chi connectivity index (χ1) is 15.3.